The average Bonchev–Trinajstić information content (AvgIpc) is 3.60. The SMILES string of the molecule is Cc1ccc(C[C@@]2(C)OC[C@@H](c3ccc(Cl)c(F)c3)N(C(CSC(C)(C)C)C3CC3)C2=O)nc1. The Morgan fingerprint density at radius 1 is 1.29 bits per heavy atom. The van der Waals surface area contributed by atoms with E-state index in [1.165, 1.54) is 6.07 Å². The number of thioether (sulfide) groups is 1. The van der Waals surface area contributed by atoms with Gasteiger partial charge >= 0.3 is 0 Å². The summed E-state index contributed by atoms with van der Waals surface area (Å²) in [6, 6.07) is 8.49. The summed E-state index contributed by atoms with van der Waals surface area (Å²) in [4.78, 5) is 20.7. The molecular weight excluding hydrogens is 471 g/mol. The van der Waals surface area contributed by atoms with Crippen LogP contribution in [-0.2, 0) is 16.0 Å². The van der Waals surface area contributed by atoms with Crippen LogP contribution in [0.25, 0.3) is 0 Å². The summed E-state index contributed by atoms with van der Waals surface area (Å²) in [5.41, 5.74) is 1.59. The fourth-order valence-corrected chi connectivity index (χ4v) is 5.73. The van der Waals surface area contributed by atoms with Gasteiger partial charge in [-0.05, 0) is 61.9 Å². The van der Waals surface area contributed by atoms with Crippen LogP contribution in [0.2, 0.25) is 5.02 Å². The molecule has 3 atom stereocenters. The van der Waals surface area contributed by atoms with Gasteiger partial charge in [-0.1, -0.05) is 44.5 Å². The Hall–Kier alpha value is -1.63. The van der Waals surface area contributed by atoms with Crippen LogP contribution in [-0.4, -0.2) is 44.5 Å². The van der Waals surface area contributed by atoms with Gasteiger partial charge in [0, 0.05) is 34.9 Å². The Morgan fingerprint density at radius 3 is 2.62 bits per heavy atom. The molecule has 7 heteroatoms. The van der Waals surface area contributed by atoms with Crippen LogP contribution < -0.4 is 0 Å². The number of hydrogen-bond donors (Lipinski definition) is 0. The van der Waals surface area contributed by atoms with Crippen LogP contribution in [0.3, 0.4) is 0 Å². The molecule has 0 spiro atoms. The van der Waals surface area contributed by atoms with E-state index in [-0.39, 0.29) is 27.8 Å². The van der Waals surface area contributed by atoms with Crippen LogP contribution in [0.5, 0.6) is 0 Å². The first-order valence-corrected chi connectivity index (χ1v) is 13.3. The third-order valence-electron chi connectivity index (χ3n) is 6.61. The minimum Gasteiger partial charge on any atom is -0.363 e. The van der Waals surface area contributed by atoms with Crippen LogP contribution >= 0.6 is 23.4 Å². The molecule has 34 heavy (non-hydrogen) atoms. The van der Waals surface area contributed by atoms with Crippen molar-refractivity contribution in [2.24, 2.45) is 5.92 Å². The summed E-state index contributed by atoms with van der Waals surface area (Å²) in [6.07, 6.45) is 4.43. The number of nitrogens with zero attached hydrogens (tertiary/aromatic N) is 2. The summed E-state index contributed by atoms with van der Waals surface area (Å²) < 4.78 is 20.8. The van der Waals surface area contributed by atoms with Gasteiger partial charge in [-0.15, -0.1) is 0 Å². The zero-order chi connectivity index (χ0) is 24.7. The first-order chi connectivity index (χ1) is 16.0. The van der Waals surface area contributed by atoms with Gasteiger partial charge in [-0.3, -0.25) is 9.78 Å². The van der Waals surface area contributed by atoms with Gasteiger partial charge in [0.1, 0.15) is 11.4 Å². The molecule has 1 amide bonds. The van der Waals surface area contributed by atoms with Gasteiger partial charge in [0.2, 0.25) is 0 Å². The van der Waals surface area contributed by atoms with E-state index in [1.807, 2.05) is 54.9 Å². The van der Waals surface area contributed by atoms with E-state index in [2.05, 4.69) is 25.8 Å². The smallest absolute Gasteiger partial charge is 0.255 e. The van der Waals surface area contributed by atoms with Crippen LogP contribution in [0.15, 0.2) is 36.5 Å². The maximum Gasteiger partial charge on any atom is 0.255 e. The van der Waals surface area contributed by atoms with E-state index in [9.17, 15) is 9.18 Å². The zero-order valence-electron chi connectivity index (χ0n) is 20.6. The number of halogens is 2. The fourth-order valence-electron chi connectivity index (χ4n) is 4.51. The Labute approximate surface area is 211 Å². The maximum absolute atomic E-state index is 14.4. The zero-order valence-corrected chi connectivity index (χ0v) is 22.2. The number of pyridine rings is 1. The highest BCUT2D eigenvalue weighted by molar-refractivity contribution is 8.00. The van der Waals surface area contributed by atoms with Crippen LogP contribution in [0.1, 0.15) is 63.4 Å². The Kier molecular flexibility index (Phi) is 7.33. The molecule has 2 aromatic rings. The standard InChI is InChI=1S/C27H34ClFN2O2S/c1-17-6-10-20(30-14-17)13-27(5)25(32)31(24(18-7-8-18)16-34-26(2,3)4)23(15-33-27)19-9-11-21(28)22(29)12-19/h6,9-12,14,18,23-24H,7-8,13,15-16H2,1-5H3/t23-,24?,27+/m0/s1. The number of morpholine rings is 1. The van der Waals surface area contributed by atoms with Gasteiger partial charge in [0.05, 0.1) is 17.7 Å². The second-order valence-electron chi connectivity index (χ2n) is 10.8. The van der Waals surface area contributed by atoms with Crippen molar-refractivity contribution < 1.29 is 13.9 Å². The molecule has 1 aliphatic heterocycles. The van der Waals surface area contributed by atoms with Gasteiger partial charge < -0.3 is 9.64 Å². The number of aryl methyl sites for hydroxylation is 1. The van der Waals surface area contributed by atoms with Crippen LogP contribution in [0, 0.1) is 18.7 Å². The van der Waals surface area contributed by atoms with Crippen molar-refractivity contribution >= 4 is 29.3 Å². The number of ether oxygens (including phenoxy) is 1. The number of amides is 1. The van der Waals surface area contributed by atoms with E-state index < -0.39 is 11.4 Å². The van der Waals surface area contributed by atoms with Crippen molar-refractivity contribution in [3.63, 3.8) is 0 Å². The van der Waals surface area contributed by atoms with E-state index in [4.69, 9.17) is 16.3 Å². The number of aromatic nitrogens is 1. The molecule has 184 valence electrons. The summed E-state index contributed by atoms with van der Waals surface area (Å²) in [5, 5.41) is 0.0793. The number of carbonyl (C=O) groups excluding carboxylic acids is 1. The number of rotatable bonds is 7. The van der Waals surface area contributed by atoms with Crippen LogP contribution in [0.4, 0.5) is 4.39 Å². The Morgan fingerprint density at radius 2 is 2.03 bits per heavy atom. The Bertz CT molecular complexity index is 1040. The lowest BCUT2D eigenvalue weighted by molar-refractivity contribution is -0.182. The molecule has 2 aliphatic rings. The molecular formula is C27H34ClFN2O2S. The van der Waals surface area contributed by atoms with E-state index >= 15 is 0 Å². The van der Waals surface area contributed by atoms with Crippen molar-refractivity contribution in [2.75, 3.05) is 12.4 Å². The monoisotopic (exact) mass is 504 g/mol. The fraction of sp³-hybridized carbons (Fsp3) is 0.556. The predicted octanol–water partition coefficient (Wildman–Crippen LogP) is 6.39. The largest absolute Gasteiger partial charge is 0.363 e. The van der Waals surface area contributed by atoms with Crippen molar-refractivity contribution in [3.8, 4) is 0 Å². The minimum absolute atomic E-state index is 0.0482. The molecule has 0 N–H and O–H groups in total. The molecule has 1 aromatic heterocycles. The highest BCUT2D eigenvalue weighted by Crippen LogP contribution is 2.45. The first kappa shape index (κ1) is 25.5. The number of carbonyl (C=O) groups is 1. The molecule has 4 nitrogen and oxygen atoms in total. The van der Waals surface area contributed by atoms with Gasteiger partial charge in [0.25, 0.3) is 5.91 Å². The average molecular weight is 505 g/mol. The summed E-state index contributed by atoms with van der Waals surface area (Å²) in [6.45, 7) is 10.7. The highest BCUT2D eigenvalue weighted by Gasteiger charge is 2.51. The molecule has 0 bridgehead atoms. The van der Waals surface area contributed by atoms with Gasteiger partial charge in [-0.2, -0.15) is 11.8 Å². The summed E-state index contributed by atoms with van der Waals surface area (Å²) in [7, 11) is 0. The lowest BCUT2D eigenvalue weighted by Crippen LogP contribution is -2.61. The normalized spacial score (nSPS) is 24.4. The molecule has 1 saturated carbocycles. The number of hydrogen-bond acceptors (Lipinski definition) is 4. The van der Waals surface area contributed by atoms with E-state index in [0.717, 1.165) is 35.4 Å². The third kappa shape index (κ3) is 5.77. The first-order valence-electron chi connectivity index (χ1n) is 11.9. The lowest BCUT2D eigenvalue weighted by Gasteiger charge is -2.48. The quantitative estimate of drug-likeness (QED) is 0.438. The van der Waals surface area contributed by atoms with Crippen molar-refractivity contribution in [1.29, 1.82) is 0 Å². The topological polar surface area (TPSA) is 42.4 Å². The van der Waals surface area contributed by atoms with Crippen molar-refractivity contribution in [2.45, 2.75) is 76.3 Å². The van der Waals surface area contributed by atoms with Crippen molar-refractivity contribution in [1.82, 2.24) is 9.88 Å². The molecule has 2 heterocycles. The van der Waals surface area contributed by atoms with E-state index in [0.29, 0.717) is 18.9 Å². The maximum atomic E-state index is 14.4. The second kappa shape index (κ2) is 9.79. The summed E-state index contributed by atoms with van der Waals surface area (Å²) >= 11 is 7.83. The van der Waals surface area contributed by atoms with Crippen molar-refractivity contribution in [3.05, 3.63) is 64.2 Å². The number of benzene rings is 1. The predicted molar refractivity (Wildman–Crippen MR) is 137 cm³/mol. The summed E-state index contributed by atoms with van der Waals surface area (Å²) in [5.74, 6) is 0.771. The third-order valence-corrected chi connectivity index (χ3v) is 8.29. The minimum atomic E-state index is -1.02. The van der Waals surface area contributed by atoms with Gasteiger partial charge in [-0.25, -0.2) is 4.39 Å². The lowest BCUT2D eigenvalue weighted by atomic mass is 9.90. The molecule has 1 unspecified atom stereocenters. The molecule has 1 saturated heterocycles. The molecule has 1 aromatic carbocycles. The Balaban J connectivity index is 1.69. The molecule has 1 aliphatic carbocycles. The molecule has 4 rings (SSSR count). The second-order valence-corrected chi connectivity index (χ2v) is 13.0. The molecule has 2 fully saturated rings. The molecule has 0 radical (unpaired) electrons. The van der Waals surface area contributed by atoms with Gasteiger partial charge in [0.15, 0.2) is 0 Å². The van der Waals surface area contributed by atoms with E-state index in [1.54, 1.807) is 6.07 Å². The highest BCUT2D eigenvalue weighted by atomic mass is 35.5.